The zero-order valence-corrected chi connectivity index (χ0v) is 17.6. The number of anilines is 1. The fraction of sp³-hybridized carbons (Fsp3) is 0.500. The minimum Gasteiger partial charge on any atom is -0.372 e. The Hall–Kier alpha value is -1.96. The predicted molar refractivity (Wildman–Crippen MR) is 115 cm³/mol. The van der Waals surface area contributed by atoms with Gasteiger partial charge in [0.2, 0.25) is 10.0 Å². The van der Waals surface area contributed by atoms with E-state index in [0.717, 1.165) is 37.1 Å². The summed E-state index contributed by atoms with van der Waals surface area (Å²) in [4.78, 5) is 4.50. The summed E-state index contributed by atoms with van der Waals surface area (Å²) < 4.78 is 28.3. The van der Waals surface area contributed by atoms with E-state index in [9.17, 15) is 8.42 Å². The third-order valence-electron chi connectivity index (χ3n) is 6.12. The molecule has 2 aliphatic rings. The number of hydrogen-bond acceptors (Lipinski definition) is 5. The highest BCUT2D eigenvalue weighted by molar-refractivity contribution is 7.89. The number of fused-ring (bicyclic) bond motifs is 1. The van der Waals surface area contributed by atoms with Crippen molar-refractivity contribution in [3.8, 4) is 0 Å². The van der Waals surface area contributed by atoms with E-state index in [1.807, 2.05) is 30.5 Å². The lowest BCUT2D eigenvalue weighted by Crippen LogP contribution is -2.49. The molecule has 7 heteroatoms. The smallest absolute Gasteiger partial charge is 0.243 e. The fourth-order valence-corrected chi connectivity index (χ4v) is 6.39. The van der Waals surface area contributed by atoms with Crippen LogP contribution in [0.2, 0.25) is 0 Å². The lowest BCUT2D eigenvalue weighted by atomic mass is 9.79. The van der Waals surface area contributed by atoms with E-state index in [1.165, 1.54) is 19.3 Å². The molecule has 0 bridgehead atoms. The highest BCUT2D eigenvalue weighted by Gasteiger charge is 2.39. The maximum Gasteiger partial charge on any atom is 0.243 e. The van der Waals surface area contributed by atoms with E-state index >= 15 is 0 Å². The molecule has 1 saturated carbocycles. The number of nitrogens with one attached hydrogen (secondary N) is 2. The van der Waals surface area contributed by atoms with Gasteiger partial charge in [-0.3, -0.25) is 10.3 Å². The van der Waals surface area contributed by atoms with Gasteiger partial charge in [-0.1, -0.05) is 18.9 Å². The molecule has 1 saturated heterocycles. The summed E-state index contributed by atoms with van der Waals surface area (Å²) >= 11 is 0. The van der Waals surface area contributed by atoms with Crippen LogP contribution in [0.3, 0.4) is 0 Å². The average Bonchev–Trinajstić information content (AvgIpc) is 2.77. The van der Waals surface area contributed by atoms with E-state index in [0.29, 0.717) is 24.0 Å². The topological polar surface area (TPSA) is 74.3 Å². The van der Waals surface area contributed by atoms with Crippen molar-refractivity contribution in [1.82, 2.24) is 14.6 Å². The van der Waals surface area contributed by atoms with E-state index < -0.39 is 10.0 Å². The number of rotatable bonds is 7. The molecule has 2 unspecified atom stereocenters. The van der Waals surface area contributed by atoms with Gasteiger partial charge in [-0.25, -0.2) is 8.42 Å². The maximum absolute atomic E-state index is 13.3. The van der Waals surface area contributed by atoms with Crippen molar-refractivity contribution in [3.63, 3.8) is 0 Å². The Labute approximate surface area is 173 Å². The van der Waals surface area contributed by atoms with Gasteiger partial charge >= 0.3 is 0 Å². The number of benzene rings is 1. The first-order chi connectivity index (χ1) is 14.1. The minimum absolute atomic E-state index is 0.192. The molecule has 1 aliphatic heterocycles. The third-order valence-corrected chi connectivity index (χ3v) is 8.06. The number of nitrogens with zero attached hydrogens (tertiary/aromatic N) is 2. The number of pyridine rings is 1. The molecular weight excluding hydrogens is 384 g/mol. The van der Waals surface area contributed by atoms with E-state index in [1.54, 1.807) is 22.6 Å². The van der Waals surface area contributed by atoms with Gasteiger partial charge in [0.1, 0.15) is 0 Å². The van der Waals surface area contributed by atoms with Crippen molar-refractivity contribution in [3.05, 3.63) is 54.4 Å². The van der Waals surface area contributed by atoms with Gasteiger partial charge in [0.15, 0.2) is 0 Å². The highest BCUT2D eigenvalue weighted by atomic mass is 32.2. The lowest BCUT2D eigenvalue weighted by molar-refractivity contribution is 0.129. The fourth-order valence-electron chi connectivity index (χ4n) is 4.63. The maximum atomic E-state index is 13.3. The van der Waals surface area contributed by atoms with Crippen molar-refractivity contribution >= 4 is 15.7 Å². The lowest BCUT2D eigenvalue weighted by Gasteiger charge is -2.43. The molecule has 6 nitrogen and oxygen atoms in total. The summed E-state index contributed by atoms with van der Waals surface area (Å²) in [7, 11) is -3.43. The molecule has 2 N–H and O–H groups in total. The molecule has 4 rings (SSSR count). The second-order valence-corrected chi connectivity index (χ2v) is 9.93. The highest BCUT2D eigenvalue weighted by Crippen LogP contribution is 2.38. The number of hydrogen-bond donors (Lipinski definition) is 2. The van der Waals surface area contributed by atoms with Crippen molar-refractivity contribution in [1.29, 1.82) is 0 Å². The minimum atomic E-state index is -3.43. The SMILES string of the molecule is O=S(=O)(c1ccc(NCNCc2cccnc2)cc1)N1CCCC2CCCCC21. The predicted octanol–water partition coefficient (Wildman–Crippen LogP) is 3.58. The van der Waals surface area contributed by atoms with Crippen molar-refractivity contribution in [2.45, 2.75) is 56.0 Å². The molecular formula is C22H30N4O2S. The Morgan fingerprint density at radius 2 is 1.83 bits per heavy atom. The first-order valence-corrected chi connectivity index (χ1v) is 12.0. The molecule has 29 heavy (non-hydrogen) atoms. The summed E-state index contributed by atoms with van der Waals surface area (Å²) in [5, 5.41) is 6.58. The molecule has 0 amide bonds. The molecule has 2 atom stereocenters. The quantitative estimate of drug-likeness (QED) is 0.535. The normalized spacial score (nSPS) is 22.8. The number of sulfonamides is 1. The van der Waals surface area contributed by atoms with E-state index in [-0.39, 0.29) is 6.04 Å². The Bertz CT molecular complexity index is 885. The summed E-state index contributed by atoms with van der Waals surface area (Å²) in [5.41, 5.74) is 2.02. The van der Waals surface area contributed by atoms with Gasteiger partial charge in [-0.15, -0.1) is 0 Å². The van der Waals surface area contributed by atoms with Gasteiger partial charge in [0.05, 0.1) is 11.6 Å². The van der Waals surface area contributed by atoms with Crippen LogP contribution in [0.5, 0.6) is 0 Å². The van der Waals surface area contributed by atoms with Crippen LogP contribution in [-0.2, 0) is 16.6 Å². The first kappa shape index (κ1) is 20.3. The zero-order chi connectivity index (χ0) is 20.1. The van der Waals surface area contributed by atoms with Gasteiger partial charge in [-0.2, -0.15) is 4.31 Å². The van der Waals surface area contributed by atoms with Crippen LogP contribution in [-0.4, -0.2) is 37.0 Å². The molecule has 2 aromatic rings. The Morgan fingerprint density at radius 1 is 1.03 bits per heavy atom. The van der Waals surface area contributed by atoms with Gasteiger partial charge in [-0.05, 0) is 67.5 Å². The summed E-state index contributed by atoms with van der Waals surface area (Å²) in [6, 6.07) is 11.3. The average molecular weight is 415 g/mol. The molecule has 2 heterocycles. The molecule has 156 valence electrons. The third kappa shape index (κ3) is 4.79. The van der Waals surface area contributed by atoms with Crippen LogP contribution in [0.1, 0.15) is 44.1 Å². The second kappa shape index (κ2) is 9.24. The largest absolute Gasteiger partial charge is 0.372 e. The zero-order valence-electron chi connectivity index (χ0n) is 16.8. The monoisotopic (exact) mass is 414 g/mol. The van der Waals surface area contributed by atoms with Gasteiger partial charge in [0, 0.05) is 37.2 Å². The summed E-state index contributed by atoms with van der Waals surface area (Å²) in [5.74, 6) is 0.541. The van der Waals surface area contributed by atoms with Crippen molar-refractivity contribution < 1.29 is 8.42 Å². The van der Waals surface area contributed by atoms with Crippen LogP contribution < -0.4 is 10.6 Å². The van der Waals surface area contributed by atoms with E-state index in [4.69, 9.17) is 0 Å². The van der Waals surface area contributed by atoms with Gasteiger partial charge < -0.3 is 5.32 Å². The van der Waals surface area contributed by atoms with Crippen LogP contribution in [0, 0.1) is 5.92 Å². The molecule has 0 spiro atoms. The van der Waals surface area contributed by atoms with Crippen LogP contribution >= 0.6 is 0 Å². The number of aromatic nitrogens is 1. The van der Waals surface area contributed by atoms with E-state index in [2.05, 4.69) is 15.6 Å². The van der Waals surface area contributed by atoms with Crippen molar-refractivity contribution in [2.75, 3.05) is 18.5 Å². The standard InChI is InChI=1S/C22H30N4O2S/c27-29(28,26-14-4-7-19-6-1-2-8-22(19)26)21-11-9-20(10-12-21)25-17-24-16-18-5-3-13-23-15-18/h3,5,9-13,15,19,22,24-25H,1-2,4,6-8,14,16-17H2. The Kier molecular flexibility index (Phi) is 6.47. The molecule has 1 aromatic heterocycles. The second-order valence-electron chi connectivity index (χ2n) is 8.04. The van der Waals surface area contributed by atoms with Crippen LogP contribution in [0.25, 0.3) is 0 Å². The Morgan fingerprint density at radius 3 is 2.62 bits per heavy atom. The Balaban J connectivity index is 1.35. The molecule has 1 aliphatic carbocycles. The molecule has 1 aromatic carbocycles. The molecule has 2 fully saturated rings. The van der Waals surface area contributed by atoms with Crippen LogP contribution in [0.15, 0.2) is 53.7 Å². The van der Waals surface area contributed by atoms with Crippen molar-refractivity contribution in [2.24, 2.45) is 5.92 Å². The van der Waals surface area contributed by atoms with Crippen LogP contribution in [0.4, 0.5) is 5.69 Å². The molecule has 0 radical (unpaired) electrons. The summed E-state index contributed by atoms with van der Waals surface area (Å²) in [6.07, 6.45) is 10.3. The summed E-state index contributed by atoms with van der Waals surface area (Å²) in [6.45, 7) is 1.98. The number of piperidine rings is 1. The first-order valence-electron chi connectivity index (χ1n) is 10.6. The van der Waals surface area contributed by atoms with Gasteiger partial charge in [0.25, 0.3) is 0 Å².